The van der Waals surface area contributed by atoms with E-state index in [1.54, 1.807) is 17.2 Å². The second kappa shape index (κ2) is 8.97. The Morgan fingerprint density at radius 1 is 1.10 bits per heavy atom. The van der Waals surface area contributed by atoms with Crippen molar-refractivity contribution in [2.24, 2.45) is 0 Å². The summed E-state index contributed by atoms with van der Waals surface area (Å²) in [7, 11) is 0. The van der Waals surface area contributed by atoms with E-state index < -0.39 is 0 Å². The highest BCUT2D eigenvalue weighted by molar-refractivity contribution is 6.29. The van der Waals surface area contributed by atoms with E-state index in [1.807, 2.05) is 60.7 Å². The van der Waals surface area contributed by atoms with Gasteiger partial charge < -0.3 is 9.47 Å². The molecule has 0 spiro atoms. The van der Waals surface area contributed by atoms with E-state index in [0.717, 1.165) is 22.4 Å². The Morgan fingerprint density at radius 2 is 1.79 bits per heavy atom. The van der Waals surface area contributed by atoms with Gasteiger partial charge in [-0.2, -0.15) is 0 Å². The van der Waals surface area contributed by atoms with Crippen molar-refractivity contribution in [1.82, 2.24) is 9.88 Å². The van der Waals surface area contributed by atoms with Crippen molar-refractivity contribution in [2.75, 3.05) is 6.61 Å². The number of halogens is 1. The molecule has 0 saturated carbocycles. The predicted octanol–water partition coefficient (Wildman–Crippen LogP) is 4.88. The van der Waals surface area contributed by atoms with Gasteiger partial charge in [-0.3, -0.25) is 4.90 Å². The number of benzene rings is 2. The lowest BCUT2D eigenvalue weighted by molar-refractivity contribution is 0.0595. The fourth-order valence-electron chi connectivity index (χ4n) is 3.35. The lowest BCUT2D eigenvalue weighted by atomic mass is 10.0. The molecule has 0 aliphatic carbocycles. The summed E-state index contributed by atoms with van der Waals surface area (Å²) in [5.41, 5.74) is 2.91. The van der Waals surface area contributed by atoms with Crippen LogP contribution in [0.3, 0.4) is 0 Å². The Hall–Kier alpha value is -3.05. The zero-order chi connectivity index (χ0) is 20.1. The van der Waals surface area contributed by atoms with E-state index in [1.165, 1.54) is 0 Å². The van der Waals surface area contributed by atoms with Crippen LogP contribution < -0.4 is 4.74 Å². The van der Waals surface area contributed by atoms with Gasteiger partial charge in [-0.1, -0.05) is 72.3 Å². The number of carbonyl (C=O) groups is 1. The number of ether oxygens (including phenoxy) is 2. The molecular formula is C23H21ClN2O3. The minimum Gasteiger partial charge on any atom is -0.491 e. The second-order valence-corrected chi connectivity index (χ2v) is 7.32. The molecule has 0 bridgehead atoms. The average Bonchev–Trinajstić information content (AvgIpc) is 2.77. The molecule has 0 radical (unpaired) electrons. The smallest absolute Gasteiger partial charge is 0.410 e. The van der Waals surface area contributed by atoms with Gasteiger partial charge in [0.2, 0.25) is 0 Å². The van der Waals surface area contributed by atoms with E-state index in [9.17, 15) is 4.79 Å². The van der Waals surface area contributed by atoms with E-state index in [4.69, 9.17) is 21.1 Å². The van der Waals surface area contributed by atoms with E-state index >= 15 is 0 Å². The maximum Gasteiger partial charge on any atom is 0.410 e. The molecule has 1 aliphatic heterocycles. The highest BCUT2D eigenvalue weighted by Gasteiger charge is 2.30. The van der Waals surface area contributed by atoms with Crippen LogP contribution in [0.2, 0.25) is 5.15 Å². The topological polar surface area (TPSA) is 51.7 Å². The molecule has 2 aromatic carbocycles. The summed E-state index contributed by atoms with van der Waals surface area (Å²) >= 11 is 5.96. The van der Waals surface area contributed by atoms with Gasteiger partial charge in [0, 0.05) is 30.8 Å². The van der Waals surface area contributed by atoms with E-state index in [2.05, 4.69) is 4.98 Å². The second-order valence-electron chi connectivity index (χ2n) is 6.94. The first-order valence-corrected chi connectivity index (χ1v) is 9.85. The number of nitrogens with zero attached hydrogens (tertiary/aromatic N) is 2. The van der Waals surface area contributed by atoms with Crippen molar-refractivity contribution in [3.8, 4) is 5.75 Å². The molecule has 0 N–H and O–H groups in total. The van der Waals surface area contributed by atoms with Gasteiger partial charge in [0.1, 0.15) is 24.1 Å². The third-order valence-corrected chi connectivity index (χ3v) is 5.08. The number of hydrogen-bond donors (Lipinski definition) is 0. The lowest BCUT2D eigenvalue weighted by Gasteiger charge is -2.34. The summed E-state index contributed by atoms with van der Waals surface area (Å²) in [6.07, 6.45) is 1.98. The molecule has 1 atom stereocenters. The van der Waals surface area contributed by atoms with E-state index in [-0.39, 0.29) is 18.7 Å². The zero-order valence-electron chi connectivity index (χ0n) is 15.8. The number of amides is 1. The van der Waals surface area contributed by atoms with Crippen LogP contribution in [0.25, 0.3) is 0 Å². The first-order valence-electron chi connectivity index (χ1n) is 9.47. The van der Waals surface area contributed by atoms with Crippen LogP contribution in [-0.4, -0.2) is 28.6 Å². The van der Waals surface area contributed by atoms with Crippen LogP contribution >= 0.6 is 11.6 Å². The number of carbonyl (C=O) groups excluding carboxylic acids is 1. The zero-order valence-corrected chi connectivity index (χ0v) is 16.6. The molecule has 0 fully saturated rings. The Bertz CT molecular complexity index is 966. The average molecular weight is 409 g/mol. The third-order valence-electron chi connectivity index (χ3n) is 4.87. The Kier molecular flexibility index (Phi) is 5.96. The maximum atomic E-state index is 13.0. The van der Waals surface area contributed by atoms with Crippen LogP contribution in [0.1, 0.15) is 16.7 Å². The molecule has 0 saturated heterocycles. The standard InChI is InChI=1S/C23H21ClN2O3/c24-22-12-21-19(13-25-22)11-20(16-28-21)26(14-17-7-3-1-4-8-17)23(27)29-15-18-9-5-2-6-10-18/h1-10,12-13,20H,11,14-16H2/t20-/m1/s1. The van der Waals surface area contributed by atoms with Crippen molar-refractivity contribution < 1.29 is 14.3 Å². The van der Waals surface area contributed by atoms with Crippen molar-refractivity contribution in [3.63, 3.8) is 0 Å². The normalized spacial score (nSPS) is 15.1. The Balaban J connectivity index is 1.51. The summed E-state index contributed by atoms with van der Waals surface area (Å²) in [6, 6.07) is 21.1. The van der Waals surface area contributed by atoms with Gasteiger partial charge in [0.15, 0.2) is 0 Å². The SMILES string of the molecule is O=C(OCc1ccccc1)N(Cc1ccccc1)[C@H]1COc2cc(Cl)ncc2C1. The van der Waals surface area contributed by atoms with Gasteiger partial charge in [-0.05, 0) is 11.1 Å². The van der Waals surface area contributed by atoms with Crippen LogP contribution in [0.15, 0.2) is 72.9 Å². The quantitative estimate of drug-likeness (QED) is 0.565. The Morgan fingerprint density at radius 3 is 2.52 bits per heavy atom. The molecule has 3 aromatic rings. The molecular weight excluding hydrogens is 388 g/mol. The highest BCUT2D eigenvalue weighted by atomic mass is 35.5. The fourth-order valence-corrected chi connectivity index (χ4v) is 3.50. The van der Waals surface area contributed by atoms with Crippen molar-refractivity contribution >= 4 is 17.7 Å². The molecule has 29 heavy (non-hydrogen) atoms. The molecule has 1 aromatic heterocycles. The molecule has 1 amide bonds. The van der Waals surface area contributed by atoms with Gasteiger partial charge >= 0.3 is 6.09 Å². The largest absolute Gasteiger partial charge is 0.491 e. The summed E-state index contributed by atoms with van der Waals surface area (Å²) in [5.74, 6) is 0.721. The fraction of sp³-hybridized carbons (Fsp3) is 0.217. The van der Waals surface area contributed by atoms with E-state index in [0.29, 0.717) is 24.7 Å². The number of pyridine rings is 1. The lowest BCUT2D eigenvalue weighted by Crippen LogP contribution is -2.46. The first-order chi connectivity index (χ1) is 14.2. The van der Waals surface area contributed by atoms with Gasteiger partial charge in [-0.15, -0.1) is 0 Å². The van der Waals surface area contributed by atoms with Crippen molar-refractivity contribution in [1.29, 1.82) is 0 Å². The summed E-state index contributed by atoms with van der Waals surface area (Å²) in [6.45, 7) is 1.05. The molecule has 4 rings (SSSR count). The van der Waals surface area contributed by atoms with Crippen LogP contribution in [-0.2, 0) is 24.3 Å². The number of rotatable bonds is 5. The highest BCUT2D eigenvalue weighted by Crippen LogP contribution is 2.29. The van der Waals surface area contributed by atoms with Crippen LogP contribution in [0, 0.1) is 0 Å². The molecule has 6 heteroatoms. The third kappa shape index (κ3) is 4.87. The number of hydrogen-bond acceptors (Lipinski definition) is 4. The Labute approximate surface area is 174 Å². The van der Waals surface area contributed by atoms with Gasteiger partial charge in [0.25, 0.3) is 0 Å². The molecule has 1 aliphatic rings. The summed E-state index contributed by atoms with van der Waals surface area (Å²) in [4.78, 5) is 18.9. The van der Waals surface area contributed by atoms with Crippen molar-refractivity contribution in [3.05, 3.63) is 94.8 Å². The molecule has 148 valence electrons. The predicted molar refractivity (Wildman–Crippen MR) is 111 cm³/mol. The number of aromatic nitrogens is 1. The molecule has 5 nitrogen and oxygen atoms in total. The van der Waals surface area contributed by atoms with Crippen molar-refractivity contribution in [2.45, 2.75) is 25.6 Å². The molecule has 2 heterocycles. The molecule has 0 unspecified atom stereocenters. The van der Waals surface area contributed by atoms with Crippen LogP contribution in [0.4, 0.5) is 4.79 Å². The van der Waals surface area contributed by atoms with Crippen LogP contribution in [0.5, 0.6) is 5.75 Å². The van der Waals surface area contributed by atoms with Gasteiger partial charge in [-0.25, -0.2) is 9.78 Å². The monoisotopic (exact) mass is 408 g/mol. The summed E-state index contributed by atoms with van der Waals surface area (Å²) in [5, 5.41) is 0.394. The first kappa shape index (κ1) is 19.3. The van der Waals surface area contributed by atoms with Gasteiger partial charge in [0.05, 0.1) is 6.04 Å². The summed E-state index contributed by atoms with van der Waals surface area (Å²) < 4.78 is 11.5. The minimum absolute atomic E-state index is 0.158. The number of fused-ring (bicyclic) bond motifs is 1. The maximum absolute atomic E-state index is 13.0. The minimum atomic E-state index is -0.364.